The minimum Gasteiger partial charge on any atom is -0.222 e. The van der Waals surface area contributed by atoms with E-state index in [9.17, 15) is 0 Å². The molecule has 4 aromatic rings. The van der Waals surface area contributed by atoms with Crippen molar-refractivity contribution in [2.24, 2.45) is 0 Å². The van der Waals surface area contributed by atoms with Crippen LogP contribution in [0.5, 0.6) is 0 Å². The Morgan fingerprint density at radius 2 is 0.952 bits per heavy atom. The Hall–Kier alpha value is -4.36. The molecule has 0 amide bonds. The van der Waals surface area contributed by atoms with Crippen LogP contribution >= 0.6 is 0 Å². The molecule has 2 aliphatic rings. The van der Waals surface area contributed by atoms with Crippen molar-refractivity contribution in [3.8, 4) is 56.0 Å². The van der Waals surface area contributed by atoms with Crippen molar-refractivity contribution in [2.75, 3.05) is 0 Å². The first-order valence-electron chi connectivity index (χ1n) is 13.4. The Morgan fingerprint density at radius 1 is 0.476 bits per heavy atom. The third kappa shape index (κ3) is 6.58. The Balaban J connectivity index is 0.000000652. The van der Waals surface area contributed by atoms with Crippen LogP contribution in [0.2, 0.25) is 0 Å². The summed E-state index contributed by atoms with van der Waals surface area (Å²) in [6.07, 6.45) is 0. The number of halogens is 1. The van der Waals surface area contributed by atoms with E-state index in [1.807, 2.05) is 12.1 Å². The number of benzene rings is 3. The van der Waals surface area contributed by atoms with Gasteiger partial charge in [0.2, 0.25) is 0 Å². The second-order valence-electron chi connectivity index (χ2n) is 10.1. The topological polar surface area (TPSA) is 104 Å². The Bertz CT molecular complexity index is 1770. The fourth-order valence-corrected chi connectivity index (χ4v) is 5.49. The van der Waals surface area contributed by atoms with Crippen molar-refractivity contribution in [1.29, 1.82) is 0 Å². The monoisotopic (exact) mass is 576 g/mol. The normalized spacial score (nSPS) is 11.2. The van der Waals surface area contributed by atoms with E-state index in [1.54, 1.807) is 0 Å². The van der Waals surface area contributed by atoms with Gasteiger partial charge in [0.15, 0.2) is 0 Å². The van der Waals surface area contributed by atoms with Gasteiger partial charge in [0, 0.05) is 5.56 Å². The molecule has 3 aromatic carbocycles. The number of fused-ring (bicyclic) bond motifs is 1. The molecule has 0 atom stereocenters. The predicted molar refractivity (Wildman–Crippen MR) is 156 cm³/mol. The van der Waals surface area contributed by atoms with Gasteiger partial charge in [0.05, 0.1) is 22.8 Å². The summed E-state index contributed by atoms with van der Waals surface area (Å²) in [4.78, 5) is 0. The zero-order valence-electron chi connectivity index (χ0n) is 23.5. The first kappa shape index (κ1) is 29.1. The SMILES string of the molecule is Cc1cc(C)c2ccc(-c3cc(-c4ccccc4)[o+]c(-c4ccccc4)c3-c3ccccc3)c-2c(C)c1.[O-][Cl+3]([O-])([O-])[O-]. The zero-order chi connectivity index (χ0) is 29.9. The van der Waals surface area contributed by atoms with Gasteiger partial charge in [0.25, 0.3) is 0 Å². The molecule has 0 unspecified atom stereocenters. The van der Waals surface area contributed by atoms with Crippen LogP contribution in [0.4, 0.5) is 0 Å². The van der Waals surface area contributed by atoms with Crippen molar-refractivity contribution in [1.82, 2.24) is 0 Å². The molecule has 5 nitrogen and oxygen atoms in total. The summed E-state index contributed by atoms with van der Waals surface area (Å²) in [5.41, 5.74) is 13.2. The van der Waals surface area contributed by atoms with Crippen LogP contribution in [0.1, 0.15) is 16.7 Å². The van der Waals surface area contributed by atoms with Crippen LogP contribution in [0, 0.1) is 31.0 Å². The van der Waals surface area contributed by atoms with Crippen LogP contribution in [-0.4, -0.2) is 0 Å². The average Bonchev–Trinajstić information content (AvgIpc) is 3.39. The molecular weight excluding hydrogens is 548 g/mol. The van der Waals surface area contributed by atoms with E-state index in [1.165, 1.54) is 38.9 Å². The standard InChI is InChI=1S/C36H29O.ClHO4/c1-24-21-25(2)30-19-20-31(34(30)26(3)22-24)32-23-33(27-13-7-4-8-14-27)37-36(29-17-11-6-12-18-29)35(32)28-15-9-5-10-16-28;2-1(3,4)5/h4-23H,1-3H3;(H,2,3,4,5)/q+1;/p-1. The van der Waals surface area contributed by atoms with Gasteiger partial charge in [-0.1, -0.05) is 96.6 Å². The predicted octanol–water partition coefficient (Wildman–Crippen LogP) is 5.50. The average molecular weight is 577 g/mol. The Morgan fingerprint density at radius 3 is 1.52 bits per heavy atom. The van der Waals surface area contributed by atoms with E-state index in [-0.39, 0.29) is 0 Å². The second kappa shape index (κ2) is 12.2. The lowest BCUT2D eigenvalue weighted by Crippen LogP contribution is -2.68. The summed E-state index contributed by atoms with van der Waals surface area (Å²) in [7, 11) is -4.94. The zero-order valence-corrected chi connectivity index (χ0v) is 24.2. The van der Waals surface area contributed by atoms with E-state index in [0.717, 1.165) is 33.8 Å². The lowest BCUT2D eigenvalue weighted by molar-refractivity contribution is -2.00. The van der Waals surface area contributed by atoms with Crippen LogP contribution < -0.4 is 18.6 Å². The maximum absolute atomic E-state index is 8.49. The highest BCUT2D eigenvalue weighted by Gasteiger charge is 2.30. The van der Waals surface area contributed by atoms with E-state index in [4.69, 9.17) is 23.1 Å². The molecule has 0 fully saturated rings. The summed E-state index contributed by atoms with van der Waals surface area (Å²) in [5, 5.41) is 0. The number of hydrogen-bond donors (Lipinski definition) is 0. The van der Waals surface area contributed by atoms with Gasteiger partial charge in [-0.05, 0) is 78.4 Å². The van der Waals surface area contributed by atoms with Gasteiger partial charge in [-0.2, -0.15) is 0 Å². The van der Waals surface area contributed by atoms with Crippen molar-refractivity contribution >= 4 is 0 Å². The summed E-state index contributed by atoms with van der Waals surface area (Å²) < 4.78 is 40.7. The van der Waals surface area contributed by atoms with Crippen LogP contribution in [0.3, 0.4) is 0 Å². The van der Waals surface area contributed by atoms with Crippen LogP contribution in [0.15, 0.2) is 126 Å². The molecule has 0 radical (unpaired) electrons. The van der Waals surface area contributed by atoms with Gasteiger partial charge in [-0.15, -0.1) is 10.2 Å². The first-order valence-corrected chi connectivity index (χ1v) is 14.6. The van der Waals surface area contributed by atoms with Gasteiger partial charge in [-0.25, -0.2) is 23.1 Å². The minimum atomic E-state index is -4.94. The highest BCUT2D eigenvalue weighted by atomic mass is 35.7. The maximum Gasteiger partial charge on any atom is 0.369 e. The second-order valence-corrected chi connectivity index (χ2v) is 10.9. The molecule has 0 saturated heterocycles. The fourth-order valence-electron chi connectivity index (χ4n) is 5.49. The van der Waals surface area contributed by atoms with E-state index in [2.05, 4.69) is 130 Å². The smallest absolute Gasteiger partial charge is 0.222 e. The third-order valence-electron chi connectivity index (χ3n) is 7.09. The van der Waals surface area contributed by atoms with Crippen LogP contribution in [-0.2, 0) is 0 Å². The third-order valence-corrected chi connectivity index (χ3v) is 7.09. The molecule has 6 rings (SSSR count). The molecule has 42 heavy (non-hydrogen) atoms. The van der Waals surface area contributed by atoms with Gasteiger partial charge >= 0.3 is 11.5 Å². The summed E-state index contributed by atoms with van der Waals surface area (Å²) in [6.45, 7) is 6.61. The Labute approximate surface area is 247 Å². The molecule has 1 heterocycles. The first-order chi connectivity index (χ1) is 20.1. The van der Waals surface area contributed by atoms with Crippen molar-refractivity contribution in [3.05, 3.63) is 138 Å². The molecule has 6 heteroatoms. The number of rotatable bonds is 4. The molecule has 0 N–H and O–H groups in total. The van der Waals surface area contributed by atoms with Crippen LogP contribution in [0.25, 0.3) is 56.0 Å². The number of hydrogen-bond acceptors (Lipinski definition) is 4. The minimum absolute atomic E-state index is 0.856. The molecule has 2 aliphatic carbocycles. The van der Waals surface area contributed by atoms with Crippen molar-refractivity contribution in [2.45, 2.75) is 20.8 Å². The fraction of sp³-hybridized carbons (Fsp3) is 0.0833. The van der Waals surface area contributed by atoms with Crippen molar-refractivity contribution < 1.29 is 33.3 Å². The van der Waals surface area contributed by atoms with Gasteiger partial charge < -0.3 is 0 Å². The molecule has 0 bridgehead atoms. The maximum atomic E-state index is 8.49. The summed E-state index contributed by atoms with van der Waals surface area (Å²) >= 11 is 0. The molecule has 210 valence electrons. The summed E-state index contributed by atoms with van der Waals surface area (Å²) in [5.74, 6) is 1.73. The molecule has 0 saturated carbocycles. The largest absolute Gasteiger partial charge is 0.369 e. The molecule has 0 aliphatic heterocycles. The number of aryl methyl sites for hydroxylation is 3. The van der Waals surface area contributed by atoms with E-state index < -0.39 is 10.2 Å². The summed E-state index contributed by atoms with van der Waals surface area (Å²) in [6, 6.07) is 42.8. The Kier molecular flexibility index (Phi) is 8.50. The van der Waals surface area contributed by atoms with Crippen molar-refractivity contribution in [3.63, 3.8) is 0 Å². The van der Waals surface area contributed by atoms with Gasteiger partial charge in [-0.3, -0.25) is 0 Å². The molecule has 1 aromatic heterocycles. The van der Waals surface area contributed by atoms with E-state index in [0.29, 0.717) is 0 Å². The van der Waals surface area contributed by atoms with E-state index >= 15 is 0 Å². The highest BCUT2D eigenvalue weighted by Crippen LogP contribution is 2.48. The quantitative estimate of drug-likeness (QED) is 0.258. The van der Waals surface area contributed by atoms with Gasteiger partial charge in [0.1, 0.15) is 0 Å². The lowest BCUT2D eigenvalue weighted by Gasteiger charge is -2.17. The molecular formula is C36H29ClO5. The highest BCUT2D eigenvalue weighted by molar-refractivity contribution is 6.00. The molecule has 0 spiro atoms. The lowest BCUT2D eigenvalue weighted by atomic mass is 9.89.